The third-order valence-electron chi connectivity index (χ3n) is 4.74. The number of carbonyl (C=O) groups excluding carboxylic acids is 1. The zero-order chi connectivity index (χ0) is 19.7. The number of aromatic nitrogens is 1. The summed E-state index contributed by atoms with van der Waals surface area (Å²) in [7, 11) is 0. The van der Waals surface area contributed by atoms with Crippen LogP contribution in [0.25, 0.3) is 22.6 Å². The average Bonchev–Trinajstić information content (AvgIpc) is 3.09. The maximum absolute atomic E-state index is 12.3. The second-order valence-corrected chi connectivity index (χ2v) is 8.06. The molecule has 1 heterocycles. The summed E-state index contributed by atoms with van der Waals surface area (Å²) < 4.78 is 6.96. The highest BCUT2D eigenvalue weighted by Gasteiger charge is 2.10. The molecule has 140 valence electrons. The predicted molar refractivity (Wildman–Crippen MR) is 119 cm³/mol. The van der Waals surface area contributed by atoms with Gasteiger partial charge in [-0.1, -0.05) is 18.2 Å². The Morgan fingerprint density at radius 1 is 1.04 bits per heavy atom. The number of nitrogens with one attached hydrogen (secondary N) is 1. The minimum absolute atomic E-state index is 0.0766. The Bertz CT molecular complexity index is 1120. The number of fused-ring (bicyclic) bond motifs is 1. The molecule has 0 unspecified atom stereocenters. The smallest absolute Gasteiger partial charge is 0.251 e. The minimum Gasteiger partial charge on any atom is -0.436 e. The fourth-order valence-corrected chi connectivity index (χ4v) is 3.53. The molecule has 28 heavy (non-hydrogen) atoms. The van der Waals surface area contributed by atoms with Crippen LogP contribution in [-0.4, -0.2) is 10.9 Å². The molecule has 0 spiro atoms. The average molecular weight is 482 g/mol. The van der Waals surface area contributed by atoms with Gasteiger partial charge in [0.1, 0.15) is 5.52 Å². The highest BCUT2D eigenvalue weighted by Crippen LogP contribution is 2.26. The van der Waals surface area contributed by atoms with Crippen molar-refractivity contribution >= 4 is 39.6 Å². The number of rotatable bonds is 4. The van der Waals surface area contributed by atoms with E-state index in [2.05, 4.69) is 46.7 Å². The van der Waals surface area contributed by atoms with Gasteiger partial charge in [-0.15, -0.1) is 0 Å². The van der Waals surface area contributed by atoms with Crippen LogP contribution in [0.1, 0.15) is 27.0 Å². The summed E-state index contributed by atoms with van der Waals surface area (Å²) in [5.41, 5.74) is 6.66. The molecule has 0 saturated carbocycles. The topological polar surface area (TPSA) is 55.1 Å². The fraction of sp³-hybridized carbons (Fsp3) is 0.130. The number of amides is 1. The number of oxazole rings is 1. The number of hydrogen-bond acceptors (Lipinski definition) is 3. The molecule has 1 N–H and O–H groups in total. The number of halogens is 1. The SMILES string of the molecule is Cc1cc2nc(-c3ccc(CNC(=O)c4cccc(I)c4)cc3)oc2cc1C. The van der Waals surface area contributed by atoms with Gasteiger partial charge in [0.05, 0.1) is 0 Å². The third kappa shape index (κ3) is 3.94. The third-order valence-corrected chi connectivity index (χ3v) is 5.42. The largest absolute Gasteiger partial charge is 0.436 e. The van der Waals surface area contributed by atoms with Crippen molar-refractivity contribution in [3.63, 3.8) is 0 Å². The van der Waals surface area contributed by atoms with Crippen molar-refractivity contribution in [3.05, 3.63) is 86.5 Å². The molecule has 0 bridgehead atoms. The molecule has 5 heteroatoms. The molecule has 0 radical (unpaired) electrons. The van der Waals surface area contributed by atoms with Crippen molar-refractivity contribution in [2.75, 3.05) is 0 Å². The zero-order valence-electron chi connectivity index (χ0n) is 15.6. The van der Waals surface area contributed by atoms with E-state index in [1.807, 2.05) is 60.7 Å². The number of benzene rings is 3. The number of carbonyl (C=O) groups is 1. The molecule has 4 rings (SSSR count). The van der Waals surface area contributed by atoms with Gasteiger partial charge in [0, 0.05) is 21.2 Å². The minimum atomic E-state index is -0.0766. The van der Waals surface area contributed by atoms with Crippen molar-refractivity contribution in [1.82, 2.24) is 10.3 Å². The first-order valence-corrected chi connectivity index (χ1v) is 10.1. The van der Waals surface area contributed by atoms with Crippen LogP contribution in [0, 0.1) is 17.4 Å². The fourth-order valence-electron chi connectivity index (χ4n) is 2.98. The Hall–Kier alpha value is -2.67. The maximum Gasteiger partial charge on any atom is 0.251 e. The molecule has 0 fully saturated rings. The van der Waals surface area contributed by atoms with Crippen molar-refractivity contribution < 1.29 is 9.21 Å². The van der Waals surface area contributed by atoms with E-state index >= 15 is 0 Å². The van der Waals surface area contributed by atoms with Crippen molar-refractivity contribution in [1.29, 1.82) is 0 Å². The van der Waals surface area contributed by atoms with Gasteiger partial charge in [-0.05, 0) is 95.6 Å². The predicted octanol–water partition coefficient (Wildman–Crippen LogP) is 5.65. The number of nitrogens with zero attached hydrogens (tertiary/aromatic N) is 1. The lowest BCUT2D eigenvalue weighted by molar-refractivity contribution is 0.0951. The van der Waals surface area contributed by atoms with Crippen molar-refractivity contribution in [3.8, 4) is 11.5 Å². The molecular formula is C23H19IN2O2. The molecular weight excluding hydrogens is 463 g/mol. The Morgan fingerprint density at radius 3 is 2.54 bits per heavy atom. The lowest BCUT2D eigenvalue weighted by Crippen LogP contribution is -2.22. The van der Waals surface area contributed by atoms with Crippen LogP contribution in [0.5, 0.6) is 0 Å². The lowest BCUT2D eigenvalue weighted by atomic mass is 10.1. The summed E-state index contributed by atoms with van der Waals surface area (Å²) >= 11 is 2.20. The molecule has 0 aliphatic heterocycles. The highest BCUT2D eigenvalue weighted by molar-refractivity contribution is 14.1. The van der Waals surface area contributed by atoms with Crippen molar-refractivity contribution in [2.45, 2.75) is 20.4 Å². The van der Waals surface area contributed by atoms with Crippen molar-refractivity contribution in [2.24, 2.45) is 0 Å². The van der Waals surface area contributed by atoms with Crippen LogP contribution in [0.15, 0.2) is 65.1 Å². The van der Waals surface area contributed by atoms with Crippen LogP contribution >= 0.6 is 22.6 Å². The normalized spacial score (nSPS) is 11.0. The van der Waals surface area contributed by atoms with Crippen LogP contribution < -0.4 is 5.32 Å². The van der Waals surface area contributed by atoms with Crippen LogP contribution in [0.4, 0.5) is 0 Å². The number of aryl methyl sites for hydroxylation is 2. The molecule has 1 aromatic heterocycles. The molecule has 0 aliphatic rings. The first-order chi connectivity index (χ1) is 13.5. The lowest BCUT2D eigenvalue weighted by Gasteiger charge is -2.06. The van der Waals surface area contributed by atoms with Gasteiger partial charge in [0.2, 0.25) is 5.89 Å². The summed E-state index contributed by atoms with van der Waals surface area (Å²) in [6.45, 7) is 4.61. The van der Waals surface area contributed by atoms with Gasteiger partial charge < -0.3 is 9.73 Å². The van der Waals surface area contributed by atoms with E-state index < -0.39 is 0 Å². The Balaban J connectivity index is 1.47. The molecule has 3 aromatic carbocycles. The molecule has 1 amide bonds. The molecule has 0 atom stereocenters. The maximum atomic E-state index is 12.3. The second-order valence-electron chi connectivity index (χ2n) is 6.81. The Labute approximate surface area is 177 Å². The van der Waals surface area contributed by atoms with E-state index in [1.165, 1.54) is 11.1 Å². The number of hydrogen-bond donors (Lipinski definition) is 1. The van der Waals surface area contributed by atoms with E-state index in [1.54, 1.807) is 0 Å². The van der Waals surface area contributed by atoms with Crippen LogP contribution in [0.3, 0.4) is 0 Å². The standard InChI is InChI=1S/C23H19IN2O2/c1-14-10-20-21(11-15(14)2)28-23(26-20)17-8-6-16(7-9-17)13-25-22(27)18-4-3-5-19(24)12-18/h3-12H,13H2,1-2H3,(H,25,27). The molecule has 4 nitrogen and oxygen atoms in total. The van der Waals surface area contributed by atoms with Gasteiger partial charge in [-0.2, -0.15) is 0 Å². The first-order valence-electron chi connectivity index (χ1n) is 9.00. The monoisotopic (exact) mass is 482 g/mol. The first kappa shape index (κ1) is 18.7. The molecule has 4 aromatic rings. The summed E-state index contributed by atoms with van der Waals surface area (Å²) in [5, 5.41) is 2.95. The van der Waals surface area contributed by atoms with Gasteiger partial charge in [0.15, 0.2) is 5.58 Å². The summed E-state index contributed by atoms with van der Waals surface area (Å²) in [5.74, 6) is 0.529. The van der Waals surface area contributed by atoms with E-state index in [4.69, 9.17) is 4.42 Å². The van der Waals surface area contributed by atoms with Gasteiger partial charge in [-0.25, -0.2) is 4.98 Å². The summed E-state index contributed by atoms with van der Waals surface area (Å²) in [4.78, 5) is 16.9. The van der Waals surface area contributed by atoms with E-state index in [0.717, 1.165) is 25.8 Å². The van der Waals surface area contributed by atoms with Gasteiger partial charge in [0.25, 0.3) is 5.91 Å². The summed E-state index contributed by atoms with van der Waals surface area (Å²) in [6.07, 6.45) is 0. The van der Waals surface area contributed by atoms with Crippen LogP contribution in [0.2, 0.25) is 0 Å². The highest BCUT2D eigenvalue weighted by atomic mass is 127. The van der Waals surface area contributed by atoms with E-state index in [-0.39, 0.29) is 5.91 Å². The molecule has 0 saturated heterocycles. The van der Waals surface area contributed by atoms with Gasteiger partial charge in [-0.3, -0.25) is 4.79 Å². The summed E-state index contributed by atoms with van der Waals surface area (Å²) in [6, 6.07) is 19.5. The zero-order valence-corrected chi connectivity index (χ0v) is 17.8. The van der Waals surface area contributed by atoms with E-state index in [9.17, 15) is 4.79 Å². The second kappa shape index (κ2) is 7.75. The Kier molecular flexibility index (Phi) is 5.17. The quantitative estimate of drug-likeness (QED) is 0.383. The van der Waals surface area contributed by atoms with Crippen LogP contribution in [-0.2, 0) is 6.54 Å². The van der Waals surface area contributed by atoms with E-state index in [0.29, 0.717) is 18.0 Å². The van der Waals surface area contributed by atoms with Gasteiger partial charge >= 0.3 is 0 Å². The Morgan fingerprint density at radius 2 is 1.79 bits per heavy atom. The molecule has 0 aliphatic carbocycles.